The number of carboxylic acid groups (broad SMARTS) is 1. The molecule has 0 aromatic carbocycles. The number of carbonyl (C=O) groups is 4. The van der Waals surface area contributed by atoms with Gasteiger partial charge in [0.05, 0.1) is 7.11 Å². The van der Waals surface area contributed by atoms with E-state index in [-0.39, 0.29) is 77.1 Å². The molecule has 0 bridgehead atoms. The van der Waals surface area contributed by atoms with Crippen LogP contribution in [0.25, 0.3) is 0 Å². The molecule has 2 atom stereocenters. The Balaban J connectivity index is -0.00000256. The van der Waals surface area contributed by atoms with Crippen molar-refractivity contribution in [2.75, 3.05) is 12.8 Å². The second kappa shape index (κ2) is 11.9. The summed E-state index contributed by atoms with van der Waals surface area (Å²) in [6.45, 7) is 2.30. The van der Waals surface area contributed by atoms with E-state index in [1.54, 1.807) is 0 Å². The molecule has 19 heteroatoms. The zero-order valence-corrected chi connectivity index (χ0v) is 23.8. The van der Waals surface area contributed by atoms with E-state index in [2.05, 4.69) is 20.2 Å². The molecule has 1 aliphatic heterocycles. The van der Waals surface area contributed by atoms with E-state index in [1.165, 1.54) is 5.38 Å². The van der Waals surface area contributed by atoms with E-state index >= 15 is 0 Å². The minimum atomic E-state index is -5.11. The number of esters is 1. The van der Waals surface area contributed by atoms with Crippen LogP contribution in [-0.4, -0.2) is 81.6 Å². The van der Waals surface area contributed by atoms with Gasteiger partial charge in [-0.15, -0.1) is 11.3 Å². The zero-order valence-electron chi connectivity index (χ0n) is 20.1. The Kier molecular flexibility index (Phi) is 11.4. The maximum absolute atomic E-state index is 12.7. The fourth-order valence-electron chi connectivity index (χ4n) is 2.22. The fourth-order valence-corrected chi connectivity index (χ4v) is 3.61. The van der Waals surface area contributed by atoms with Crippen LogP contribution in [0.15, 0.2) is 10.5 Å². The van der Waals surface area contributed by atoms with E-state index in [0.29, 0.717) is 0 Å². The Hall–Kier alpha value is -1.31. The molecule has 1 aliphatic rings. The monoisotopic (exact) mass is 527 g/mol. The van der Waals surface area contributed by atoms with Gasteiger partial charge in [0.2, 0.25) is 5.60 Å². The normalized spacial score (nSPS) is 18.2. The average Bonchev–Trinajstić information content (AvgIpc) is 3.07. The summed E-state index contributed by atoms with van der Waals surface area (Å²) in [5, 5.41) is 16.0. The van der Waals surface area contributed by atoms with Crippen LogP contribution in [0.1, 0.15) is 22.4 Å². The Morgan fingerprint density at radius 3 is 2.36 bits per heavy atom. The van der Waals surface area contributed by atoms with Crippen molar-refractivity contribution in [3.63, 3.8) is 0 Å². The number of anilines is 1. The smallest absolute Gasteiger partial charge is 1.00 e. The van der Waals surface area contributed by atoms with Crippen LogP contribution in [0.3, 0.4) is 0 Å². The largest absolute Gasteiger partial charge is 1.00 e. The molecule has 0 aliphatic carbocycles. The predicted molar refractivity (Wildman–Crippen MR) is 104 cm³/mol. The molecule has 2 amide bonds. The summed E-state index contributed by atoms with van der Waals surface area (Å²) < 4.78 is 36.0. The SMILES string of the molecule is COC(=O)[C@@H]1[C@@H](NC(=O)/C(=N\OC(C)(C)C(=O)O)c2csc(N)n2)C(=O)N1S(=O)(=O)O.[H-].[H-].[Na+].[Na+]. The number of nitrogens with one attached hydrogen (secondary N) is 1. The van der Waals surface area contributed by atoms with Crippen molar-refractivity contribution < 1.29 is 109 Å². The van der Waals surface area contributed by atoms with Gasteiger partial charge in [0.25, 0.3) is 11.8 Å². The van der Waals surface area contributed by atoms with Gasteiger partial charge in [-0.05, 0) is 13.8 Å². The molecule has 2 rings (SSSR count). The molecule has 5 N–H and O–H groups in total. The average molecular weight is 527 g/mol. The number of hydrogen-bond donors (Lipinski definition) is 4. The number of ether oxygens (including phenoxy) is 1. The fraction of sp³-hybridized carbons (Fsp3) is 0.429. The topological polar surface area (TPSA) is 228 Å². The van der Waals surface area contributed by atoms with Gasteiger partial charge in [-0.1, -0.05) is 5.16 Å². The number of nitrogens with zero attached hydrogens (tertiary/aromatic N) is 3. The number of methoxy groups -OCH3 is 1. The predicted octanol–water partition coefficient (Wildman–Crippen LogP) is -7.79. The summed E-state index contributed by atoms with van der Waals surface area (Å²) in [5.74, 6) is -5.14. The molecule has 0 radical (unpaired) electrons. The molecule has 1 aromatic rings. The number of aromatic nitrogens is 1. The standard InChI is InChI=1S/C14H17N5O10S2.2Na.2H/c1-14(2,12(23)24)29-18-6(5-4-30-13(15)16-5)9(20)17-7-8(11(22)28-3)19(10(7)21)31(25,26)27;;;;/h4,7-8H,1-3H3,(H2,15,16)(H,17,20)(H,23,24)(H,25,26,27);;;;/q;2*+1;2*-1/b18-6-;;;;/t7-,8+;;;;/m1..../s1. The van der Waals surface area contributed by atoms with E-state index in [0.717, 1.165) is 32.3 Å². The first-order chi connectivity index (χ1) is 14.2. The Morgan fingerprint density at radius 2 is 1.94 bits per heavy atom. The van der Waals surface area contributed by atoms with Crippen LogP contribution in [0.4, 0.5) is 5.13 Å². The van der Waals surface area contributed by atoms with Gasteiger partial charge in [-0.3, -0.25) is 14.1 Å². The van der Waals surface area contributed by atoms with Crippen LogP contribution in [0.2, 0.25) is 0 Å². The minimum absolute atomic E-state index is 0. The molecule has 1 aromatic heterocycles. The minimum Gasteiger partial charge on any atom is -1.00 e. The molecule has 174 valence electrons. The first-order valence-electron chi connectivity index (χ1n) is 8.11. The van der Waals surface area contributed by atoms with Gasteiger partial charge in [0, 0.05) is 5.38 Å². The molecular weight excluding hydrogens is 508 g/mol. The maximum Gasteiger partial charge on any atom is 1.00 e. The van der Waals surface area contributed by atoms with Gasteiger partial charge in [-0.25, -0.2) is 14.6 Å². The second-order valence-corrected chi connectivity index (χ2v) is 8.63. The van der Waals surface area contributed by atoms with Crippen molar-refractivity contribution in [1.82, 2.24) is 14.6 Å². The number of nitrogens with two attached hydrogens (primary N) is 1. The van der Waals surface area contributed by atoms with Crippen molar-refractivity contribution in [3.05, 3.63) is 11.1 Å². The number of hydrogen-bond acceptors (Lipinski definition) is 12. The summed E-state index contributed by atoms with van der Waals surface area (Å²) in [6, 6.07) is -3.62. The molecule has 33 heavy (non-hydrogen) atoms. The van der Waals surface area contributed by atoms with Crippen LogP contribution < -0.4 is 70.2 Å². The molecule has 15 nitrogen and oxygen atoms in total. The number of carboxylic acids is 1. The van der Waals surface area contributed by atoms with E-state index in [4.69, 9.17) is 20.2 Å². The number of aliphatic carboxylic acids is 1. The second-order valence-electron chi connectivity index (χ2n) is 6.45. The summed E-state index contributed by atoms with van der Waals surface area (Å²) >= 11 is 0.914. The number of amides is 2. The zero-order chi connectivity index (χ0) is 23.7. The Bertz CT molecular complexity index is 1090. The Morgan fingerprint density at radius 1 is 1.36 bits per heavy atom. The quantitative estimate of drug-likeness (QED) is 0.0617. The van der Waals surface area contributed by atoms with Crippen LogP contribution in [0.5, 0.6) is 0 Å². The van der Waals surface area contributed by atoms with E-state index < -0.39 is 57.5 Å². The number of β-lactam (4-membered cyclic amide) rings is 1. The van der Waals surface area contributed by atoms with Gasteiger partial charge >= 0.3 is 81.4 Å². The van der Waals surface area contributed by atoms with Crippen molar-refractivity contribution >= 4 is 56.2 Å². The third kappa shape index (κ3) is 7.09. The summed E-state index contributed by atoms with van der Waals surface area (Å²) in [4.78, 5) is 56.6. The summed E-state index contributed by atoms with van der Waals surface area (Å²) in [5.41, 5.74) is 2.92. The van der Waals surface area contributed by atoms with Crippen molar-refractivity contribution in [2.24, 2.45) is 5.16 Å². The van der Waals surface area contributed by atoms with Gasteiger partial charge in [0.15, 0.2) is 16.9 Å². The van der Waals surface area contributed by atoms with Gasteiger partial charge in [0.1, 0.15) is 11.7 Å². The van der Waals surface area contributed by atoms with Crippen LogP contribution in [0, 0.1) is 0 Å². The third-order valence-electron chi connectivity index (χ3n) is 3.89. The maximum atomic E-state index is 12.7. The number of rotatable bonds is 8. The third-order valence-corrected chi connectivity index (χ3v) is 5.47. The summed E-state index contributed by atoms with van der Waals surface area (Å²) in [7, 11) is -4.21. The van der Waals surface area contributed by atoms with Crippen molar-refractivity contribution in [1.29, 1.82) is 0 Å². The molecule has 0 spiro atoms. The van der Waals surface area contributed by atoms with Gasteiger partial charge < -0.3 is 28.6 Å². The number of nitrogen functional groups attached to an aromatic ring is 1. The van der Waals surface area contributed by atoms with Crippen LogP contribution in [-0.2, 0) is 39.1 Å². The molecule has 0 unspecified atom stereocenters. The first-order valence-corrected chi connectivity index (χ1v) is 10.4. The van der Waals surface area contributed by atoms with Crippen LogP contribution >= 0.6 is 11.3 Å². The number of thiazole rings is 1. The first kappa shape index (κ1) is 31.7. The van der Waals surface area contributed by atoms with E-state index in [1.807, 2.05) is 0 Å². The molecular formula is C14H19N5Na2O10S2. The molecule has 1 saturated heterocycles. The molecule has 1 fully saturated rings. The van der Waals surface area contributed by atoms with Gasteiger partial charge in [-0.2, -0.15) is 12.7 Å². The Labute approximate surface area is 238 Å². The molecule has 0 saturated carbocycles. The van der Waals surface area contributed by atoms with Crippen molar-refractivity contribution in [2.45, 2.75) is 31.5 Å². The number of carbonyl (C=O) groups excluding carboxylic acids is 3. The van der Waals surface area contributed by atoms with Crippen molar-refractivity contribution in [3.8, 4) is 0 Å². The molecule has 2 heterocycles. The number of oxime groups is 1. The van der Waals surface area contributed by atoms with E-state index in [9.17, 15) is 27.6 Å². The summed E-state index contributed by atoms with van der Waals surface area (Å²) in [6.07, 6.45) is 0.